The van der Waals surface area contributed by atoms with Gasteiger partial charge >= 0.3 is 12.3 Å². The van der Waals surface area contributed by atoms with E-state index in [0.717, 1.165) is 19.0 Å². The minimum atomic E-state index is -4.53. The molecule has 26 heavy (non-hydrogen) atoms. The number of piperidine rings is 1. The SMILES string of the molecule is CC(C)(C)OC(=O)N1C[C@@H]2C[C@@H]2C[C@H]1C#Cc1cnc(C(F)(F)F)cn1. The van der Waals surface area contributed by atoms with Crippen molar-refractivity contribution in [3.05, 3.63) is 23.8 Å². The number of aromatic nitrogens is 2. The number of fused-ring (bicyclic) bond motifs is 1. The molecule has 0 unspecified atom stereocenters. The predicted molar refractivity (Wildman–Crippen MR) is 86.9 cm³/mol. The normalized spacial score (nSPS) is 25.0. The molecule has 0 spiro atoms. The van der Waals surface area contributed by atoms with Crippen molar-refractivity contribution in [1.29, 1.82) is 0 Å². The van der Waals surface area contributed by atoms with E-state index in [-0.39, 0.29) is 11.7 Å². The van der Waals surface area contributed by atoms with Gasteiger partial charge in [0, 0.05) is 6.54 Å². The van der Waals surface area contributed by atoms with Gasteiger partial charge in [-0.15, -0.1) is 0 Å². The van der Waals surface area contributed by atoms with Crippen LogP contribution < -0.4 is 0 Å². The molecule has 2 aliphatic rings. The first-order valence-electron chi connectivity index (χ1n) is 8.43. The Hall–Kier alpha value is -2.30. The maximum atomic E-state index is 12.5. The second kappa shape index (κ2) is 6.45. The van der Waals surface area contributed by atoms with Gasteiger partial charge in [0.2, 0.25) is 0 Å². The van der Waals surface area contributed by atoms with Crippen LogP contribution in [-0.2, 0) is 10.9 Å². The summed E-state index contributed by atoms with van der Waals surface area (Å²) in [6.07, 6.45) is -1.48. The molecule has 5 nitrogen and oxygen atoms in total. The first kappa shape index (κ1) is 18.5. The van der Waals surface area contributed by atoms with Crippen LogP contribution in [0.15, 0.2) is 12.4 Å². The molecular formula is C18H20F3N3O2. The number of rotatable bonds is 0. The molecule has 1 saturated carbocycles. The van der Waals surface area contributed by atoms with Crippen LogP contribution in [-0.4, -0.2) is 39.1 Å². The summed E-state index contributed by atoms with van der Waals surface area (Å²) >= 11 is 0. The average Bonchev–Trinajstić information content (AvgIpc) is 3.28. The third-order valence-electron chi connectivity index (χ3n) is 4.34. The predicted octanol–water partition coefficient (Wildman–Crippen LogP) is 3.49. The van der Waals surface area contributed by atoms with Crippen LogP contribution in [0.4, 0.5) is 18.0 Å². The summed E-state index contributed by atoms with van der Waals surface area (Å²) in [6.45, 7) is 5.99. The highest BCUT2D eigenvalue weighted by Gasteiger charge is 2.47. The van der Waals surface area contributed by atoms with Gasteiger partial charge in [-0.1, -0.05) is 5.92 Å². The second-order valence-electron chi connectivity index (χ2n) is 7.69. The van der Waals surface area contributed by atoms with E-state index in [4.69, 9.17) is 4.74 Å². The van der Waals surface area contributed by atoms with Crippen molar-refractivity contribution < 1.29 is 22.7 Å². The highest BCUT2D eigenvalue weighted by atomic mass is 19.4. The summed E-state index contributed by atoms with van der Waals surface area (Å²) in [5.74, 6) is 6.74. The Bertz CT molecular complexity index is 744. The Morgan fingerprint density at radius 2 is 1.92 bits per heavy atom. The van der Waals surface area contributed by atoms with E-state index in [2.05, 4.69) is 21.8 Å². The van der Waals surface area contributed by atoms with Gasteiger partial charge < -0.3 is 4.74 Å². The molecule has 0 bridgehead atoms. The van der Waals surface area contributed by atoms with E-state index < -0.39 is 23.6 Å². The number of likely N-dealkylation sites (tertiary alicyclic amines) is 1. The molecule has 1 aliphatic heterocycles. The van der Waals surface area contributed by atoms with Crippen molar-refractivity contribution in [2.45, 2.75) is 51.4 Å². The first-order chi connectivity index (χ1) is 12.0. The number of hydrogen-bond acceptors (Lipinski definition) is 4. The van der Waals surface area contributed by atoms with Crippen molar-refractivity contribution in [2.24, 2.45) is 11.8 Å². The molecule has 3 rings (SSSR count). The van der Waals surface area contributed by atoms with Crippen LogP contribution >= 0.6 is 0 Å². The molecule has 2 heterocycles. The zero-order valence-corrected chi connectivity index (χ0v) is 14.8. The average molecular weight is 367 g/mol. The zero-order chi connectivity index (χ0) is 19.1. The summed E-state index contributed by atoms with van der Waals surface area (Å²) in [5.41, 5.74) is -1.52. The minimum Gasteiger partial charge on any atom is -0.444 e. The summed E-state index contributed by atoms with van der Waals surface area (Å²) in [5, 5.41) is 0. The van der Waals surface area contributed by atoms with Gasteiger partial charge in [0.15, 0.2) is 5.69 Å². The fourth-order valence-electron chi connectivity index (χ4n) is 2.97. The highest BCUT2D eigenvalue weighted by molar-refractivity contribution is 5.69. The number of halogens is 3. The molecular weight excluding hydrogens is 347 g/mol. The number of carbonyl (C=O) groups is 1. The maximum Gasteiger partial charge on any atom is 0.434 e. The third kappa shape index (κ3) is 4.45. The summed E-state index contributed by atoms with van der Waals surface area (Å²) in [4.78, 5) is 21.1. The molecule has 1 amide bonds. The minimum absolute atomic E-state index is 0.139. The number of amides is 1. The molecule has 8 heteroatoms. The third-order valence-corrected chi connectivity index (χ3v) is 4.34. The molecule has 2 fully saturated rings. The molecule has 0 aromatic carbocycles. The van der Waals surface area contributed by atoms with E-state index in [1.54, 1.807) is 25.7 Å². The van der Waals surface area contributed by atoms with Crippen LogP contribution in [0.5, 0.6) is 0 Å². The Kier molecular flexibility index (Phi) is 4.59. The lowest BCUT2D eigenvalue weighted by molar-refractivity contribution is -0.141. The number of alkyl halides is 3. The van der Waals surface area contributed by atoms with Gasteiger partial charge in [-0.05, 0) is 51.4 Å². The molecule has 0 radical (unpaired) electrons. The topological polar surface area (TPSA) is 55.3 Å². The summed E-state index contributed by atoms with van der Waals surface area (Å²) in [7, 11) is 0. The van der Waals surface area contributed by atoms with E-state index >= 15 is 0 Å². The molecule has 1 aromatic rings. The van der Waals surface area contributed by atoms with Crippen LogP contribution in [0.2, 0.25) is 0 Å². The van der Waals surface area contributed by atoms with Gasteiger partial charge in [0.1, 0.15) is 11.3 Å². The number of hydrogen-bond donors (Lipinski definition) is 0. The van der Waals surface area contributed by atoms with E-state index in [0.29, 0.717) is 24.6 Å². The molecule has 1 aliphatic carbocycles. The Balaban J connectivity index is 1.74. The first-order valence-corrected chi connectivity index (χ1v) is 8.43. The van der Waals surface area contributed by atoms with Crippen LogP contribution in [0.1, 0.15) is 45.0 Å². The largest absolute Gasteiger partial charge is 0.444 e. The monoisotopic (exact) mass is 367 g/mol. The molecule has 0 N–H and O–H groups in total. The zero-order valence-electron chi connectivity index (χ0n) is 14.8. The lowest BCUT2D eigenvalue weighted by Gasteiger charge is -2.33. The number of nitrogens with zero attached hydrogens (tertiary/aromatic N) is 3. The van der Waals surface area contributed by atoms with Crippen molar-refractivity contribution >= 4 is 6.09 Å². The van der Waals surface area contributed by atoms with Crippen LogP contribution in [0.3, 0.4) is 0 Å². The molecule has 3 atom stereocenters. The quantitative estimate of drug-likeness (QED) is 0.659. The molecule has 1 aromatic heterocycles. The Morgan fingerprint density at radius 3 is 2.50 bits per heavy atom. The van der Waals surface area contributed by atoms with E-state index in [9.17, 15) is 18.0 Å². The smallest absolute Gasteiger partial charge is 0.434 e. The van der Waals surface area contributed by atoms with Gasteiger partial charge in [-0.2, -0.15) is 13.2 Å². The lowest BCUT2D eigenvalue weighted by Crippen LogP contribution is -2.46. The van der Waals surface area contributed by atoms with Gasteiger partial charge in [-0.3, -0.25) is 4.90 Å². The van der Waals surface area contributed by atoms with Crippen molar-refractivity contribution in [1.82, 2.24) is 14.9 Å². The van der Waals surface area contributed by atoms with Crippen LogP contribution in [0, 0.1) is 23.7 Å². The Labute approximate surface area is 149 Å². The van der Waals surface area contributed by atoms with Crippen molar-refractivity contribution in [2.75, 3.05) is 6.54 Å². The fraction of sp³-hybridized carbons (Fsp3) is 0.611. The highest BCUT2D eigenvalue weighted by Crippen LogP contribution is 2.47. The lowest BCUT2D eigenvalue weighted by atomic mass is 10.0. The number of ether oxygens (including phenoxy) is 1. The van der Waals surface area contributed by atoms with Crippen molar-refractivity contribution in [3.8, 4) is 11.8 Å². The van der Waals surface area contributed by atoms with Crippen molar-refractivity contribution in [3.63, 3.8) is 0 Å². The van der Waals surface area contributed by atoms with Crippen LogP contribution in [0.25, 0.3) is 0 Å². The Morgan fingerprint density at radius 1 is 1.19 bits per heavy atom. The summed E-state index contributed by atoms with van der Waals surface area (Å²) < 4.78 is 43.0. The second-order valence-corrected chi connectivity index (χ2v) is 7.69. The summed E-state index contributed by atoms with van der Waals surface area (Å²) in [6, 6.07) is -0.335. The van der Waals surface area contributed by atoms with E-state index in [1.807, 2.05) is 0 Å². The van der Waals surface area contributed by atoms with Gasteiger partial charge in [0.25, 0.3) is 0 Å². The maximum absolute atomic E-state index is 12.5. The molecule has 140 valence electrons. The van der Waals surface area contributed by atoms with E-state index in [1.165, 1.54) is 0 Å². The fourth-order valence-corrected chi connectivity index (χ4v) is 2.97. The standard InChI is InChI=1S/C18H20F3N3O2/c1-17(2,3)26-16(25)24-10-12-6-11(12)7-14(24)5-4-13-8-23-15(9-22-13)18(19,20)21/h8-9,11-12,14H,6-7,10H2,1-3H3/t11-,12+,14-/m1/s1. The number of carbonyl (C=O) groups excluding carboxylic acids is 1. The van der Waals surface area contributed by atoms with Gasteiger partial charge in [0.05, 0.1) is 18.4 Å². The van der Waals surface area contributed by atoms with Gasteiger partial charge in [-0.25, -0.2) is 14.8 Å². The molecule has 1 saturated heterocycles.